The lowest BCUT2D eigenvalue weighted by molar-refractivity contribution is -0.0506. The number of alkyl halides is 2. The molecule has 0 aromatic heterocycles. The van der Waals surface area contributed by atoms with Gasteiger partial charge in [-0.15, -0.1) is 18.2 Å². The van der Waals surface area contributed by atoms with E-state index in [1.807, 2.05) is 6.92 Å². The van der Waals surface area contributed by atoms with Crippen molar-refractivity contribution < 1.29 is 13.5 Å². The molecule has 0 radical (unpaired) electrons. The number of hydrogen-bond acceptors (Lipinski definition) is 3. The molecule has 0 saturated carbocycles. The maximum absolute atomic E-state index is 12.3. The number of hydrogen-bond donors (Lipinski definition) is 1. The van der Waals surface area contributed by atoms with Crippen LogP contribution in [0.1, 0.15) is 18.5 Å². The summed E-state index contributed by atoms with van der Waals surface area (Å²) >= 11 is 1.66. The van der Waals surface area contributed by atoms with E-state index in [2.05, 4.69) is 16.0 Å². The summed E-state index contributed by atoms with van der Waals surface area (Å²) in [5.74, 6) is 4.33. The van der Waals surface area contributed by atoms with Gasteiger partial charge in [-0.3, -0.25) is 0 Å². The molecule has 0 heterocycles. The van der Waals surface area contributed by atoms with Crippen LogP contribution in [0, 0.1) is 12.3 Å². The SMILES string of the molecule is C#CCSCCNC(C)c1ccccc1OC(F)F. The third kappa shape index (κ3) is 5.95. The van der Waals surface area contributed by atoms with Crippen LogP contribution >= 0.6 is 11.8 Å². The summed E-state index contributed by atoms with van der Waals surface area (Å²) < 4.78 is 29.1. The molecule has 0 aliphatic heterocycles. The summed E-state index contributed by atoms with van der Waals surface area (Å²) in [6.45, 7) is -0.129. The number of terminal acetylenes is 1. The minimum absolute atomic E-state index is 0.0543. The second-order valence-electron chi connectivity index (χ2n) is 3.85. The van der Waals surface area contributed by atoms with Gasteiger partial charge in [-0.1, -0.05) is 24.1 Å². The predicted octanol–water partition coefficient (Wildman–Crippen LogP) is 3.31. The van der Waals surface area contributed by atoms with Crippen molar-refractivity contribution in [3.05, 3.63) is 29.8 Å². The van der Waals surface area contributed by atoms with Gasteiger partial charge in [0.15, 0.2) is 0 Å². The molecular weight excluding hydrogens is 268 g/mol. The Balaban J connectivity index is 2.51. The lowest BCUT2D eigenvalue weighted by atomic mass is 10.1. The molecule has 0 aliphatic rings. The quantitative estimate of drug-likeness (QED) is 0.585. The molecule has 0 amide bonds. The first-order chi connectivity index (χ1) is 9.15. The van der Waals surface area contributed by atoms with Crippen LogP contribution in [-0.4, -0.2) is 24.7 Å². The highest BCUT2D eigenvalue weighted by Gasteiger charge is 2.13. The fourth-order valence-corrected chi connectivity index (χ4v) is 2.15. The molecule has 0 bridgehead atoms. The van der Waals surface area contributed by atoms with Crippen LogP contribution in [-0.2, 0) is 0 Å². The smallest absolute Gasteiger partial charge is 0.387 e. The number of nitrogens with one attached hydrogen (secondary N) is 1. The van der Waals surface area contributed by atoms with Crippen molar-refractivity contribution in [1.29, 1.82) is 0 Å². The third-order valence-electron chi connectivity index (χ3n) is 2.48. The molecule has 1 aromatic rings. The molecule has 0 spiro atoms. The van der Waals surface area contributed by atoms with Gasteiger partial charge in [0, 0.05) is 23.9 Å². The fourth-order valence-electron chi connectivity index (χ4n) is 1.63. The molecule has 5 heteroatoms. The second-order valence-corrected chi connectivity index (χ2v) is 4.95. The zero-order chi connectivity index (χ0) is 14.1. The van der Waals surface area contributed by atoms with E-state index in [-0.39, 0.29) is 11.8 Å². The van der Waals surface area contributed by atoms with Gasteiger partial charge in [0.1, 0.15) is 5.75 Å². The first-order valence-electron chi connectivity index (χ1n) is 5.93. The zero-order valence-corrected chi connectivity index (χ0v) is 11.6. The first-order valence-corrected chi connectivity index (χ1v) is 7.09. The molecule has 1 aromatic carbocycles. The number of halogens is 2. The second kappa shape index (κ2) is 8.78. The average Bonchev–Trinajstić information content (AvgIpc) is 2.38. The van der Waals surface area contributed by atoms with E-state index in [1.54, 1.807) is 36.0 Å². The maximum atomic E-state index is 12.3. The molecular formula is C14H17F2NOS. The molecule has 2 nitrogen and oxygen atoms in total. The lowest BCUT2D eigenvalue weighted by Gasteiger charge is -2.17. The summed E-state index contributed by atoms with van der Waals surface area (Å²) in [6.07, 6.45) is 5.15. The number of para-hydroxylation sites is 1. The molecule has 1 rings (SSSR count). The van der Waals surface area contributed by atoms with E-state index < -0.39 is 6.61 Å². The maximum Gasteiger partial charge on any atom is 0.387 e. The van der Waals surface area contributed by atoms with E-state index in [1.165, 1.54) is 0 Å². The van der Waals surface area contributed by atoms with Crippen molar-refractivity contribution in [3.63, 3.8) is 0 Å². The number of ether oxygens (including phenoxy) is 1. The Morgan fingerprint density at radius 2 is 2.16 bits per heavy atom. The third-order valence-corrected chi connectivity index (χ3v) is 3.35. The molecule has 0 saturated heterocycles. The van der Waals surface area contributed by atoms with Crippen LogP contribution in [0.4, 0.5) is 8.78 Å². The Morgan fingerprint density at radius 1 is 1.42 bits per heavy atom. The van der Waals surface area contributed by atoms with E-state index in [9.17, 15) is 8.78 Å². The Labute approximate surface area is 116 Å². The highest BCUT2D eigenvalue weighted by atomic mass is 32.2. The predicted molar refractivity (Wildman–Crippen MR) is 75.6 cm³/mol. The van der Waals surface area contributed by atoms with Crippen LogP contribution in [0.3, 0.4) is 0 Å². The van der Waals surface area contributed by atoms with Gasteiger partial charge in [0.25, 0.3) is 0 Å². The van der Waals surface area contributed by atoms with Crippen molar-refractivity contribution in [2.24, 2.45) is 0 Å². The monoisotopic (exact) mass is 285 g/mol. The van der Waals surface area contributed by atoms with Gasteiger partial charge < -0.3 is 10.1 Å². The van der Waals surface area contributed by atoms with Crippen LogP contribution in [0.25, 0.3) is 0 Å². The standard InChI is InChI=1S/C14H17F2NOS/c1-3-9-19-10-8-17-11(2)12-6-4-5-7-13(12)18-14(15)16/h1,4-7,11,14,17H,8-10H2,2H3. The summed E-state index contributed by atoms with van der Waals surface area (Å²) in [7, 11) is 0. The summed E-state index contributed by atoms with van der Waals surface area (Å²) in [5, 5.41) is 3.26. The number of thioether (sulfide) groups is 1. The largest absolute Gasteiger partial charge is 0.434 e. The Morgan fingerprint density at radius 3 is 2.84 bits per heavy atom. The van der Waals surface area contributed by atoms with Gasteiger partial charge in [-0.2, -0.15) is 8.78 Å². The van der Waals surface area contributed by atoms with Crippen molar-refractivity contribution in [2.45, 2.75) is 19.6 Å². The minimum Gasteiger partial charge on any atom is -0.434 e. The zero-order valence-electron chi connectivity index (χ0n) is 10.7. The Hall–Kier alpha value is -1.25. The lowest BCUT2D eigenvalue weighted by Crippen LogP contribution is -2.22. The molecule has 1 unspecified atom stereocenters. The summed E-state index contributed by atoms with van der Waals surface area (Å²) in [5.41, 5.74) is 0.727. The van der Waals surface area contributed by atoms with Gasteiger partial charge in [-0.05, 0) is 13.0 Å². The number of rotatable bonds is 8. The van der Waals surface area contributed by atoms with Crippen molar-refractivity contribution in [3.8, 4) is 18.1 Å². The molecule has 0 fully saturated rings. The highest BCUT2D eigenvalue weighted by Crippen LogP contribution is 2.26. The van der Waals surface area contributed by atoms with Crippen LogP contribution in [0.2, 0.25) is 0 Å². The summed E-state index contributed by atoms with van der Waals surface area (Å²) in [6, 6.07) is 6.76. The van der Waals surface area contributed by atoms with Gasteiger partial charge in [-0.25, -0.2) is 0 Å². The Bertz CT molecular complexity index is 420. The van der Waals surface area contributed by atoms with Gasteiger partial charge in [0.05, 0.1) is 5.75 Å². The summed E-state index contributed by atoms with van der Waals surface area (Å²) in [4.78, 5) is 0. The van der Waals surface area contributed by atoms with Gasteiger partial charge in [0.2, 0.25) is 0 Å². The number of benzene rings is 1. The highest BCUT2D eigenvalue weighted by molar-refractivity contribution is 7.99. The fraction of sp³-hybridized carbons (Fsp3) is 0.429. The van der Waals surface area contributed by atoms with Gasteiger partial charge >= 0.3 is 6.61 Å². The average molecular weight is 285 g/mol. The van der Waals surface area contributed by atoms with E-state index in [0.717, 1.165) is 17.9 Å². The molecule has 0 aliphatic carbocycles. The first kappa shape index (κ1) is 15.8. The topological polar surface area (TPSA) is 21.3 Å². The van der Waals surface area contributed by atoms with E-state index in [4.69, 9.17) is 6.42 Å². The van der Waals surface area contributed by atoms with Crippen molar-refractivity contribution in [2.75, 3.05) is 18.1 Å². The van der Waals surface area contributed by atoms with Crippen LogP contribution < -0.4 is 10.1 Å². The van der Waals surface area contributed by atoms with E-state index in [0.29, 0.717) is 5.75 Å². The molecule has 19 heavy (non-hydrogen) atoms. The van der Waals surface area contributed by atoms with Crippen LogP contribution in [0.5, 0.6) is 5.75 Å². The molecule has 1 N–H and O–H groups in total. The normalized spacial score (nSPS) is 12.2. The van der Waals surface area contributed by atoms with Crippen LogP contribution in [0.15, 0.2) is 24.3 Å². The van der Waals surface area contributed by atoms with Crippen molar-refractivity contribution >= 4 is 11.8 Å². The molecule has 1 atom stereocenters. The van der Waals surface area contributed by atoms with E-state index >= 15 is 0 Å². The minimum atomic E-state index is -2.81. The van der Waals surface area contributed by atoms with Crippen molar-refractivity contribution in [1.82, 2.24) is 5.32 Å². The molecule has 104 valence electrons. The Kier molecular flexibility index (Phi) is 7.31.